The molecule has 1 N–H and O–H groups in total. The van der Waals surface area contributed by atoms with Crippen LogP contribution in [0.3, 0.4) is 0 Å². The van der Waals surface area contributed by atoms with Gasteiger partial charge in [0.15, 0.2) is 0 Å². The number of nitrogens with zero attached hydrogens (tertiary/aromatic N) is 3. The van der Waals surface area contributed by atoms with Crippen molar-refractivity contribution in [2.75, 3.05) is 24.5 Å². The first-order valence-corrected chi connectivity index (χ1v) is 12.8. The zero-order chi connectivity index (χ0) is 27.4. The summed E-state index contributed by atoms with van der Waals surface area (Å²) in [5.41, 5.74) is -5.95. The maximum atomic E-state index is 15.1. The van der Waals surface area contributed by atoms with Crippen LogP contribution in [0.15, 0.2) is 47.2 Å². The van der Waals surface area contributed by atoms with E-state index in [0.717, 1.165) is 43.0 Å². The first-order chi connectivity index (χ1) is 18.0. The largest absolute Gasteiger partial charge is 0.445 e. The number of hydrogen-bond donors (Lipinski definition) is 1. The van der Waals surface area contributed by atoms with E-state index < -0.39 is 40.2 Å². The summed E-state index contributed by atoms with van der Waals surface area (Å²) in [5, 5.41) is 11.5. The van der Waals surface area contributed by atoms with Gasteiger partial charge in [0.1, 0.15) is 12.1 Å². The summed E-state index contributed by atoms with van der Waals surface area (Å²) in [6.07, 6.45) is -1.01. The van der Waals surface area contributed by atoms with Crippen LogP contribution in [0, 0.1) is 11.7 Å². The number of aromatic nitrogens is 1. The van der Waals surface area contributed by atoms with E-state index in [2.05, 4.69) is 23.7 Å². The van der Waals surface area contributed by atoms with Crippen molar-refractivity contribution >= 4 is 35.6 Å². The van der Waals surface area contributed by atoms with Crippen LogP contribution in [0.4, 0.5) is 23.2 Å². The first-order valence-electron chi connectivity index (χ1n) is 12.4. The zero-order valence-electron chi connectivity index (χ0n) is 21.1. The molecule has 2 heterocycles. The fourth-order valence-electron chi connectivity index (χ4n) is 5.75. The van der Waals surface area contributed by atoms with Gasteiger partial charge in [-0.1, -0.05) is 31.5 Å². The Bertz CT molecular complexity index is 1340. The molecule has 1 fully saturated rings. The second-order valence-corrected chi connectivity index (χ2v) is 10.1. The van der Waals surface area contributed by atoms with Gasteiger partial charge < -0.3 is 19.3 Å². The van der Waals surface area contributed by atoms with Gasteiger partial charge in [0.25, 0.3) is 5.91 Å². The lowest BCUT2D eigenvalue weighted by Gasteiger charge is -2.43. The highest BCUT2D eigenvalue weighted by Gasteiger charge is 2.58. The average Bonchev–Trinajstić information content (AvgIpc) is 3.44. The number of alkyl halides is 3. The van der Waals surface area contributed by atoms with Crippen molar-refractivity contribution in [3.05, 3.63) is 70.3 Å². The number of benzene rings is 2. The zero-order valence-corrected chi connectivity index (χ0v) is 22.7. The molecule has 1 aromatic heterocycles. The van der Waals surface area contributed by atoms with Gasteiger partial charge in [-0.25, -0.2) is 9.37 Å². The van der Waals surface area contributed by atoms with Crippen molar-refractivity contribution in [3.8, 4) is 11.5 Å². The molecule has 1 amide bonds. The number of hydrogen-bond acceptors (Lipinski definition) is 5. The Balaban J connectivity index is 0.00000353. The summed E-state index contributed by atoms with van der Waals surface area (Å²) < 4.78 is 63.9. The van der Waals surface area contributed by atoms with Crippen LogP contribution in [-0.4, -0.2) is 46.6 Å². The van der Waals surface area contributed by atoms with Gasteiger partial charge in [-0.15, -0.1) is 12.4 Å². The van der Waals surface area contributed by atoms with Gasteiger partial charge in [-0.05, 0) is 56.1 Å². The standard InChI is InChI=1S/C27H26ClF4N3O3.ClH/c1-3-34(4-2)17-10-15(11-17)14-35-21-13-16(24-33-8-9-38-24)12-18(27(30,31)32)22(21)26(37,25(35)36)23-19(28)6-5-7-20(23)29;/h5-9,12-13,15,17,37H,3-4,10-11,14H2,1-2H3;1H/t15?,17?,26-;/m0./s1. The van der Waals surface area contributed by atoms with Crippen LogP contribution in [0.25, 0.3) is 11.5 Å². The normalized spacial score (nSPS) is 22.6. The Kier molecular flexibility index (Phi) is 8.06. The highest BCUT2D eigenvalue weighted by atomic mass is 35.5. The molecular formula is C27H27Cl2F4N3O3. The van der Waals surface area contributed by atoms with E-state index >= 15 is 4.39 Å². The lowest BCUT2D eigenvalue weighted by Crippen LogP contribution is -2.50. The minimum atomic E-state index is -5.00. The molecule has 0 bridgehead atoms. The van der Waals surface area contributed by atoms with Gasteiger partial charge in [-0.3, -0.25) is 4.79 Å². The molecule has 1 aliphatic carbocycles. The van der Waals surface area contributed by atoms with E-state index in [-0.39, 0.29) is 47.0 Å². The first kappa shape index (κ1) is 29.3. The Labute approximate surface area is 234 Å². The maximum absolute atomic E-state index is 15.1. The topological polar surface area (TPSA) is 69.8 Å². The predicted molar refractivity (Wildman–Crippen MR) is 140 cm³/mol. The molecule has 39 heavy (non-hydrogen) atoms. The fourth-order valence-corrected chi connectivity index (χ4v) is 6.05. The van der Waals surface area contributed by atoms with Crippen molar-refractivity contribution < 1.29 is 31.9 Å². The van der Waals surface area contributed by atoms with E-state index in [1.54, 1.807) is 0 Å². The van der Waals surface area contributed by atoms with Crippen molar-refractivity contribution in [1.82, 2.24) is 9.88 Å². The Morgan fingerprint density at radius 2 is 1.90 bits per heavy atom. The summed E-state index contributed by atoms with van der Waals surface area (Å²) in [6, 6.07) is 5.80. The van der Waals surface area contributed by atoms with Crippen LogP contribution >= 0.6 is 24.0 Å². The third kappa shape index (κ3) is 4.81. The summed E-state index contributed by atoms with van der Waals surface area (Å²) in [5.74, 6) is -2.27. The lowest BCUT2D eigenvalue weighted by atomic mass is 9.78. The molecule has 5 rings (SSSR count). The minimum Gasteiger partial charge on any atom is -0.445 e. The Morgan fingerprint density at radius 1 is 1.21 bits per heavy atom. The minimum absolute atomic E-state index is 0. The van der Waals surface area contributed by atoms with Crippen LogP contribution in [-0.2, 0) is 16.6 Å². The number of aliphatic hydroxyl groups is 1. The molecule has 12 heteroatoms. The molecule has 1 aliphatic heterocycles. The average molecular weight is 588 g/mol. The molecule has 0 saturated heterocycles. The monoisotopic (exact) mass is 587 g/mol. The number of fused-ring (bicyclic) bond motifs is 1. The third-order valence-corrected chi connectivity index (χ3v) is 7.93. The Hall–Kier alpha value is -2.66. The quantitative estimate of drug-likeness (QED) is 0.330. The van der Waals surface area contributed by atoms with Crippen LogP contribution in [0.1, 0.15) is 43.4 Å². The highest BCUT2D eigenvalue weighted by molar-refractivity contribution is 6.32. The second kappa shape index (κ2) is 10.7. The van der Waals surface area contributed by atoms with Crippen molar-refractivity contribution in [3.63, 3.8) is 0 Å². The number of carbonyl (C=O) groups excluding carboxylic acids is 1. The molecule has 3 aromatic rings. The van der Waals surface area contributed by atoms with E-state index in [1.165, 1.54) is 30.7 Å². The van der Waals surface area contributed by atoms with Crippen LogP contribution in [0.2, 0.25) is 5.02 Å². The molecule has 2 aromatic carbocycles. The molecule has 210 valence electrons. The number of amides is 1. The van der Waals surface area contributed by atoms with Crippen molar-refractivity contribution in [1.29, 1.82) is 0 Å². The number of rotatable bonds is 7. The van der Waals surface area contributed by atoms with E-state index in [9.17, 15) is 23.1 Å². The summed E-state index contributed by atoms with van der Waals surface area (Å²) >= 11 is 6.21. The molecule has 0 radical (unpaired) electrons. The van der Waals surface area contributed by atoms with Gasteiger partial charge in [0, 0.05) is 23.7 Å². The van der Waals surface area contributed by atoms with Crippen molar-refractivity contribution in [2.24, 2.45) is 5.92 Å². The third-order valence-electron chi connectivity index (χ3n) is 7.61. The molecule has 6 nitrogen and oxygen atoms in total. The number of anilines is 1. The molecular weight excluding hydrogens is 561 g/mol. The molecule has 1 atom stereocenters. The summed E-state index contributed by atoms with van der Waals surface area (Å²) in [7, 11) is 0. The van der Waals surface area contributed by atoms with Crippen LogP contribution < -0.4 is 4.90 Å². The second-order valence-electron chi connectivity index (χ2n) is 9.69. The highest BCUT2D eigenvalue weighted by Crippen LogP contribution is 2.53. The van der Waals surface area contributed by atoms with Gasteiger partial charge in [-0.2, -0.15) is 13.2 Å². The number of halogens is 6. The smallest absolute Gasteiger partial charge is 0.416 e. The van der Waals surface area contributed by atoms with Gasteiger partial charge in [0.05, 0.1) is 28.0 Å². The summed E-state index contributed by atoms with van der Waals surface area (Å²) in [4.78, 5) is 21.3. The van der Waals surface area contributed by atoms with Crippen LogP contribution in [0.5, 0.6) is 0 Å². The SMILES string of the molecule is CCN(CC)C1CC(CN2C(=O)[C@@](O)(c3c(F)cccc3Cl)c3c2cc(-c2ncco2)cc3C(F)(F)F)C1.Cl. The maximum Gasteiger partial charge on any atom is 0.416 e. The van der Waals surface area contributed by atoms with E-state index in [0.29, 0.717) is 6.04 Å². The Morgan fingerprint density at radius 3 is 2.46 bits per heavy atom. The molecule has 0 spiro atoms. The van der Waals surface area contributed by atoms with Crippen molar-refractivity contribution in [2.45, 2.75) is 44.5 Å². The lowest BCUT2D eigenvalue weighted by molar-refractivity contribution is -0.142. The molecule has 0 unspecified atom stereocenters. The van der Waals surface area contributed by atoms with E-state index in [4.69, 9.17) is 16.0 Å². The molecule has 1 saturated carbocycles. The van der Waals surface area contributed by atoms with E-state index in [1.807, 2.05) is 0 Å². The predicted octanol–water partition coefficient (Wildman–Crippen LogP) is 6.28. The summed E-state index contributed by atoms with van der Waals surface area (Å²) in [6.45, 7) is 5.89. The van der Waals surface area contributed by atoms with Gasteiger partial charge in [0.2, 0.25) is 11.5 Å². The van der Waals surface area contributed by atoms with Gasteiger partial charge >= 0.3 is 6.18 Å². The fraction of sp³-hybridized carbons (Fsp3) is 0.407. The molecule has 2 aliphatic rings. The number of carbonyl (C=O) groups is 1. The number of oxazole rings is 1.